The Morgan fingerprint density at radius 3 is 2.46 bits per heavy atom. The average Bonchev–Trinajstić information content (AvgIpc) is 3.42. The summed E-state index contributed by atoms with van der Waals surface area (Å²) < 4.78 is 10.9. The Labute approximate surface area is 231 Å². The minimum absolute atomic E-state index is 0.0427. The molecule has 1 fully saturated rings. The molecule has 2 heterocycles. The second-order valence-electron chi connectivity index (χ2n) is 9.39. The third kappa shape index (κ3) is 5.59. The number of aliphatic hydroxyl groups excluding tert-OH is 1. The minimum Gasteiger partial charge on any atom is -0.507 e. The largest absolute Gasteiger partial charge is 0.507 e. The van der Waals surface area contributed by atoms with Crippen LogP contribution in [0, 0.1) is 20.8 Å². The van der Waals surface area contributed by atoms with E-state index in [1.165, 1.54) is 4.90 Å². The van der Waals surface area contributed by atoms with Crippen LogP contribution in [-0.4, -0.2) is 41.0 Å². The van der Waals surface area contributed by atoms with Crippen LogP contribution in [0.4, 0.5) is 5.13 Å². The van der Waals surface area contributed by atoms with Crippen LogP contribution in [0.3, 0.4) is 0 Å². The fourth-order valence-corrected chi connectivity index (χ4v) is 5.42. The maximum absolute atomic E-state index is 13.5. The van der Waals surface area contributed by atoms with Crippen LogP contribution in [0.1, 0.15) is 70.4 Å². The van der Waals surface area contributed by atoms with E-state index in [4.69, 9.17) is 9.47 Å². The number of thiazole rings is 1. The van der Waals surface area contributed by atoms with Crippen molar-refractivity contribution in [1.82, 2.24) is 4.98 Å². The van der Waals surface area contributed by atoms with E-state index in [1.807, 2.05) is 26.0 Å². The summed E-state index contributed by atoms with van der Waals surface area (Å²) >= 11 is 0.979. The lowest BCUT2D eigenvalue weighted by atomic mass is 9.93. The molecule has 9 heteroatoms. The van der Waals surface area contributed by atoms with Crippen LogP contribution in [0.25, 0.3) is 5.76 Å². The van der Waals surface area contributed by atoms with Crippen molar-refractivity contribution in [3.05, 3.63) is 80.9 Å². The number of anilines is 1. The molecule has 0 radical (unpaired) electrons. The quantitative estimate of drug-likeness (QED) is 0.114. The fourth-order valence-electron chi connectivity index (χ4n) is 4.43. The number of carbonyl (C=O) groups excluding carboxylic acids is 3. The van der Waals surface area contributed by atoms with Gasteiger partial charge in [0, 0.05) is 5.56 Å². The number of Topliss-reactive ketones (excluding diaryl/α,β-unsaturated/α-hetero) is 1. The van der Waals surface area contributed by atoms with Gasteiger partial charge in [-0.3, -0.25) is 14.5 Å². The summed E-state index contributed by atoms with van der Waals surface area (Å²) in [7, 11) is 0. The van der Waals surface area contributed by atoms with Crippen LogP contribution in [0.15, 0.2) is 48.0 Å². The van der Waals surface area contributed by atoms with Gasteiger partial charge in [-0.15, -0.1) is 0 Å². The summed E-state index contributed by atoms with van der Waals surface area (Å²) in [4.78, 5) is 45.5. The van der Waals surface area contributed by atoms with Gasteiger partial charge in [-0.05, 0) is 63.4 Å². The van der Waals surface area contributed by atoms with Crippen molar-refractivity contribution >= 4 is 39.9 Å². The Kier molecular flexibility index (Phi) is 8.50. The van der Waals surface area contributed by atoms with Crippen molar-refractivity contribution in [2.24, 2.45) is 0 Å². The number of ether oxygens (including phenoxy) is 2. The number of ketones is 1. The van der Waals surface area contributed by atoms with Crippen LogP contribution in [0.5, 0.6) is 5.75 Å². The van der Waals surface area contributed by atoms with Crippen molar-refractivity contribution in [1.29, 1.82) is 0 Å². The van der Waals surface area contributed by atoms with Crippen molar-refractivity contribution in [2.75, 3.05) is 18.1 Å². The number of unbranched alkanes of at least 4 members (excludes halogenated alkanes) is 1. The molecule has 1 aromatic heterocycles. The first kappa shape index (κ1) is 28.0. The number of aryl methyl sites for hydroxylation is 3. The first-order chi connectivity index (χ1) is 18.7. The highest BCUT2D eigenvalue weighted by molar-refractivity contribution is 7.17. The number of esters is 1. The molecule has 1 N–H and O–H groups in total. The molecular weight excluding hydrogens is 516 g/mol. The van der Waals surface area contributed by atoms with Crippen molar-refractivity contribution in [3.63, 3.8) is 0 Å². The third-order valence-electron chi connectivity index (χ3n) is 6.51. The predicted molar refractivity (Wildman–Crippen MR) is 150 cm³/mol. The SMILES string of the molecule is CCCCOc1ccc(C2/C(=C(\O)c3cc(C)ccc3C)C(=O)C(=O)N2c2nc(C)c(C(=O)OCC)s2)cc1. The van der Waals surface area contributed by atoms with E-state index >= 15 is 0 Å². The molecule has 1 atom stereocenters. The first-order valence-electron chi connectivity index (χ1n) is 12.9. The van der Waals surface area contributed by atoms with Gasteiger partial charge in [0.25, 0.3) is 5.78 Å². The number of benzene rings is 2. The van der Waals surface area contributed by atoms with E-state index in [0.29, 0.717) is 29.2 Å². The lowest BCUT2D eigenvalue weighted by Crippen LogP contribution is -2.29. The summed E-state index contributed by atoms with van der Waals surface area (Å²) in [6.07, 6.45) is 1.93. The Bertz CT molecular complexity index is 1440. The van der Waals surface area contributed by atoms with Gasteiger partial charge in [0.2, 0.25) is 0 Å². The lowest BCUT2D eigenvalue weighted by molar-refractivity contribution is -0.132. The summed E-state index contributed by atoms with van der Waals surface area (Å²) in [5.74, 6) is -1.81. The molecule has 39 heavy (non-hydrogen) atoms. The summed E-state index contributed by atoms with van der Waals surface area (Å²) in [5.41, 5.74) is 3.07. The maximum Gasteiger partial charge on any atom is 0.350 e. The van der Waals surface area contributed by atoms with Gasteiger partial charge < -0.3 is 14.6 Å². The average molecular weight is 549 g/mol. The van der Waals surface area contributed by atoms with E-state index in [9.17, 15) is 19.5 Å². The molecule has 1 aliphatic heterocycles. The number of amides is 1. The molecule has 0 aliphatic carbocycles. The number of nitrogens with zero attached hydrogens (tertiary/aromatic N) is 2. The van der Waals surface area contributed by atoms with E-state index in [1.54, 1.807) is 44.2 Å². The molecule has 0 bridgehead atoms. The van der Waals surface area contributed by atoms with Gasteiger partial charge in [-0.1, -0.05) is 54.5 Å². The van der Waals surface area contributed by atoms with E-state index in [0.717, 1.165) is 35.3 Å². The molecule has 4 rings (SSSR count). The zero-order valence-corrected chi connectivity index (χ0v) is 23.6. The summed E-state index contributed by atoms with van der Waals surface area (Å²) in [6.45, 7) is 9.93. The number of carbonyl (C=O) groups is 3. The highest BCUT2D eigenvalue weighted by Crippen LogP contribution is 2.44. The number of hydrogen-bond acceptors (Lipinski definition) is 8. The fraction of sp³-hybridized carbons (Fsp3) is 0.333. The Balaban J connectivity index is 1.87. The number of aromatic nitrogens is 1. The van der Waals surface area contributed by atoms with Gasteiger partial charge in [0.1, 0.15) is 16.4 Å². The number of rotatable bonds is 9. The van der Waals surface area contributed by atoms with Crippen molar-refractivity contribution < 1.29 is 29.0 Å². The molecule has 3 aromatic rings. The molecule has 204 valence electrons. The molecule has 1 amide bonds. The third-order valence-corrected chi connectivity index (χ3v) is 7.64. The summed E-state index contributed by atoms with van der Waals surface area (Å²) in [5, 5.41) is 11.7. The first-order valence-corrected chi connectivity index (χ1v) is 13.7. The predicted octanol–water partition coefficient (Wildman–Crippen LogP) is 6.05. The molecule has 1 aliphatic rings. The van der Waals surface area contributed by atoms with Crippen LogP contribution in [0.2, 0.25) is 0 Å². The van der Waals surface area contributed by atoms with Gasteiger partial charge in [-0.2, -0.15) is 0 Å². The summed E-state index contributed by atoms with van der Waals surface area (Å²) in [6, 6.07) is 11.7. The zero-order chi connectivity index (χ0) is 28.3. The second kappa shape index (κ2) is 11.8. The highest BCUT2D eigenvalue weighted by atomic mass is 32.1. The number of aliphatic hydroxyl groups is 1. The van der Waals surface area contributed by atoms with Gasteiger partial charge in [0.15, 0.2) is 5.13 Å². The topological polar surface area (TPSA) is 106 Å². The standard InChI is InChI=1S/C30H32N2O6S/c1-6-8-15-38-21-13-11-20(12-14-21)24-23(25(33)22-16-17(3)9-10-18(22)4)26(34)28(35)32(24)30-31-19(5)27(39-30)29(36)37-7-2/h9-14,16,24,33H,6-8,15H2,1-5H3/b25-23+. The molecule has 0 spiro atoms. The molecular formula is C30H32N2O6S. The van der Waals surface area contributed by atoms with Gasteiger partial charge in [0.05, 0.1) is 30.5 Å². The molecule has 1 saturated heterocycles. The van der Waals surface area contributed by atoms with Gasteiger partial charge in [-0.25, -0.2) is 9.78 Å². The molecule has 0 saturated carbocycles. The zero-order valence-electron chi connectivity index (χ0n) is 22.7. The van der Waals surface area contributed by atoms with Crippen molar-refractivity contribution in [2.45, 2.75) is 53.5 Å². The monoisotopic (exact) mass is 548 g/mol. The normalized spacial score (nSPS) is 16.5. The number of hydrogen-bond donors (Lipinski definition) is 1. The molecule has 1 unspecified atom stereocenters. The second-order valence-corrected chi connectivity index (χ2v) is 10.4. The highest BCUT2D eigenvalue weighted by Gasteiger charge is 2.48. The minimum atomic E-state index is -0.963. The van der Waals surface area contributed by atoms with Crippen molar-refractivity contribution in [3.8, 4) is 5.75 Å². The van der Waals surface area contributed by atoms with E-state index in [-0.39, 0.29) is 27.9 Å². The smallest absolute Gasteiger partial charge is 0.350 e. The van der Waals surface area contributed by atoms with Crippen LogP contribution < -0.4 is 9.64 Å². The van der Waals surface area contributed by atoms with Crippen LogP contribution in [-0.2, 0) is 14.3 Å². The Morgan fingerprint density at radius 2 is 1.79 bits per heavy atom. The molecule has 2 aromatic carbocycles. The maximum atomic E-state index is 13.5. The Hall–Kier alpha value is -3.98. The Morgan fingerprint density at radius 1 is 1.08 bits per heavy atom. The van der Waals surface area contributed by atoms with E-state index in [2.05, 4.69) is 11.9 Å². The molecule has 8 nitrogen and oxygen atoms in total. The van der Waals surface area contributed by atoms with Crippen LogP contribution >= 0.6 is 11.3 Å². The van der Waals surface area contributed by atoms with Gasteiger partial charge >= 0.3 is 11.9 Å². The van der Waals surface area contributed by atoms with E-state index < -0.39 is 23.7 Å². The lowest BCUT2D eigenvalue weighted by Gasteiger charge is -2.23.